The van der Waals surface area contributed by atoms with Gasteiger partial charge in [0.15, 0.2) is 0 Å². The summed E-state index contributed by atoms with van der Waals surface area (Å²) in [6.07, 6.45) is 3.01. The lowest BCUT2D eigenvalue weighted by Gasteiger charge is -2.23. The van der Waals surface area contributed by atoms with E-state index in [1.54, 1.807) is 0 Å². The zero-order valence-electron chi connectivity index (χ0n) is 9.54. The summed E-state index contributed by atoms with van der Waals surface area (Å²) in [6, 6.07) is 4.61. The molecule has 0 radical (unpaired) electrons. The molecule has 1 N–H and O–H groups in total. The van der Waals surface area contributed by atoms with Crippen LogP contribution in [0.1, 0.15) is 37.4 Å². The molecular weight excluding hydrogens is 172 g/mol. The third-order valence-corrected chi connectivity index (χ3v) is 2.90. The Balaban J connectivity index is 2.94. The minimum atomic E-state index is 0.480. The lowest BCUT2D eigenvalue weighted by atomic mass is 9.91. The SMILES string of the molecule is CCC(c1ncccc1C)C(C)NC. The molecule has 0 bridgehead atoms. The van der Waals surface area contributed by atoms with Crippen LogP contribution in [0, 0.1) is 6.92 Å². The average Bonchev–Trinajstić information content (AvgIpc) is 2.21. The molecule has 14 heavy (non-hydrogen) atoms. The van der Waals surface area contributed by atoms with E-state index in [0.717, 1.165) is 6.42 Å². The minimum Gasteiger partial charge on any atom is -0.317 e. The van der Waals surface area contributed by atoms with E-state index in [1.807, 2.05) is 19.3 Å². The van der Waals surface area contributed by atoms with Gasteiger partial charge < -0.3 is 5.32 Å². The number of likely N-dealkylation sites (N-methyl/N-ethyl adjacent to an activating group) is 1. The van der Waals surface area contributed by atoms with Crippen LogP contribution >= 0.6 is 0 Å². The second kappa shape index (κ2) is 5.11. The summed E-state index contributed by atoms with van der Waals surface area (Å²) in [7, 11) is 2.01. The number of hydrogen-bond donors (Lipinski definition) is 1. The first kappa shape index (κ1) is 11.2. The van der Waals surface area contributed by atoms with Crippen molar-refractivity contribution in [2.75, 3.05) is 7.05 Å². The van der Waals surface area contributed by atoms with Crippen molar-refractivity contribution < 1.29 is 0 Å². The van der Waals surface area contributed by atoms with Crippen molar-refractivity contribution in [2.24, 2.45) is 0 Å². The number of nitrogens with zero attached hydrogens (tertiary/aromatic N) is 1. The molecule has 0 aliphatic heterocycles. The highest BCUT2D eigenvalue weighted by Gasteiger charge is 2.18. The van der Waals surface area contributed by atoms with Gasteiger partial charge in [0.1, 0.15) is 0 Å². The Morgan fingerprint density at radius 3 is 2.71 bits per heavy atom. The number of pyridine rings is 1. The second-order valence-electron chi connectivity index (χ2n) is 3.80. The highest BCUT2D eigenvalue weighted by atomic mass is 14.9. The molecule has 2 unspecified atom stereocenters. The van der Waals surface area contributed by atoms with Crippen LogP contribution in [0.25, 0.3) is 0 Å². The van der Waals surface area contributed by atoms with Crippen LogP contribution < -0.4 is 5.32 Å². The van der Waals surface area contributed by atoms with Gasteiger partial charge in [0, 0.05) is 23.9 Å². The van der Waals surface area contributed by atoms with E-state index in [2.05, 4.69) is 37.1 Å². The van der Waals surface area contributed by atoms with E-state index < -0.39 is 0 Å². The van der Waals surface area contributed by atoms with Gasteiger partial charge >= 0.3 is 0 Å². The van der Waals surface area contributed by atoms with Gasteiger partial charge in [-0.1, -0.05) is 13.0 Å². The largest absolute Gasteiger partial charge is 0.317 e. The molecule has 2 atom stereocenters. The Hall–Kier alpha value is -0.890. The lowest BCUT2D eigenvalue weighted by Crippen LogP contribution is -2.29. The monoisotopic (exact) mass is 192 g/mol. The van der Waals surface area contributed by atoms with Crippen molar-refractivity contribution >= 4 is 0 Å². The maximum absolute atomic E-state index is 4.48. The van der Waals surface area contributed by atoms with Crippen LogP contribution in [0.2, 0.25) is 0 Å². The van der Waals surface area contributed by atoms with Crippen LogP contribution in [-0.2, 0) is 0 Å². The summed E-state index contributed by atoms with van der Waals surface area (Å²) < 4.78 is 0. The molecule has 1 aromatic rings. The van der Waals surface area contributed by atoms with Crippen molar-refractivity contribution in [3.8, 4) is 0 Å². The lowest BCUT2D eigenvalue weighted by molar-refractivity contribution is 0.472. The Morgan fingerprint density at radius 2 is 2.21 bits per heavy atom. The van der Waals surface area contributed by atoms with Crippen LogP contribution in [0.3, 0.4) is 0 Å². The van der Waals surface area contributed by atoms with E-state index in [-0.39, 0.29) is 0 Å². The summed E-state index contributed by atoms with van der Waals surface area (Å²) in [4.78, 5) is 4.48. The fraction of sp³-hybridized carbons (Fsp3) is 0.583. The number of rotatable bonds is 4. The molecule has 0 saturated carbocycles. The van der Waals surface area contributed by atoms with Crippen molar-refractivity contribution in [1.29, 1.82) is 0 Å². The van der Waals surface area contributed by atoms with Gasteiger partial charge in [0.2, 0.25) is 0 Å². The fourth-order valence-corrected chi connectivity index (χ4v) is 1.87. The van der Waals surface area contributed by atoms with Gasteiger partial charge in [0.25, 0.3) is 0 Å². The third-order valence-electron chi connectivity index (χ3n) is 2.90. The maximum atomic E-state index is 4.48. The normalized spacial score (nSPS) is 15.1. The molecule has 2 heteroatoms. The predicted octanol–water partition coefficient (Wildman–Crippen LogP) is 2.49. The number of aryl methyl sites for hydroxylation is 1. The first-order valence-electron chi connectivity index (χ1n) is 5.29. The van der Waals surface area contributed by atoms with Crippen molar-refractivity contribution in [2.45, 2.75) is 39.2 Å². The number of nitrogens with one attached hydrogen (secondary N) is 1. The first-order valence-corrected chi connectivity index (χ1v) is 5.29. The Kier molecular flexibility index (Phi) is 4.08. The quantitative estimate of drug-likeness (QED) is 0.792. The molecule has 0 saturated heterocycles. The van der Waals surface area contributed by atoms with E-state index in [4.69, 9.17) is 0 Å². The molecular formula is C12H20N2. The molecule has 1 aromatic heterocycles. The van der Waals surface area contributed by atoms with E-state index in [0.29, 0.717) is 12.0 Å². The van der Waals surface area contributed by atoms with Gasteiger partial charge in [0.05, 0.1) is 0 Å². The Labute approximate surface area is 86.8 Å². The number of hydrogen-bond acceptors (Lipinski definition) is 2. The summed E-state index contributed by atoms with van der Waals surface area (Å²) >= 11 is 0. The Bertz CT molecular complexity index is 283. The number of aromatic nitrogens is 1. The van der Waals surface area contributed by atoms with Gasteiger partial charge in [-0.05, 0) is 38.9 Å². The maximum Gasteiger partial charge on any atom is 0.0478 e. The predicted molar refractivity (Wildman–Crippen MR) is 60.5 cm³/mol. The highest BCUT2D eigenvalue weighted by molar-refractivity contribution is 5.22. The molecule has 0 amide bonds. The van der Waals surface area contributed by atoms with E-state index in [1.165, 1.54) is 11.3 Å². The smallest absolute Gasteiger partial charge is 0.0478 e. The molecule has 0 aliphatic rings. The molecule has 0 spiro atoms. The topological polar surface area (TPSA) is 24.9 Å². The average molecular weight is 192 g/mol. The second-order valence-corrected chi connectivity index (χ2v) is 3.80. The molecule has 2 nitrogen and oxygen atoms in total. The molecule has 1 heterocycles. The summed E-state index contributed by atoms with van der Waals surface area (Å²) in [5.41, 5.74) is 2.53. The molecule has 0 aliphatic carbocycles. The van der Waals surface area contributed by atoms with Gasteiger partial charge in [-0.2, -0.15) is 0 Å². The van der Waals surface area contributed by atoms with Gasteiger partial charge in [-0.15, -0.1) is 0 Å². The van der Waals surface area contributed by atoms with Crippen LogP contribution in [0.4, 0.5) is 0 Å². The molecule has 78 valence electrons. The van der Waals surface area contributed by atoms with Gasteiger partial charge in [-0.3, -0.25) is 4.98 Å². The van der Waals surface area contributed by atoms with Crippen LogP contribution in [0.5, 0.6) is 0 Å². The van der Waals surface area contributed by atoms with Crippen molar-refractivity contribution in [3.05, 3.63) is 29.6 Å². The summed E-state index contributed by atoms with van der Waals surface area (Å²) in [5.74, 6) is 0.515. The minimum absolute atomic E-state index is 0.480. The van der Waals surface area contributed by atoms with Gasteiger partial charge in [-0.25, -0.2) is 0 Å². The standard InChI is InChI=1S/C12H20N2/c1-5-11(10(3)13-4)12-9(2)7-6-8-14-12/h6-8,10-11,13H,5H2,1-4H3. The third kappa shape index (κ3) is 2.32. The first-order chi connectivity index (χ1) is 6.70. The molecule has 0 fully saturated rings. The zero-order valence-corrected chi connectivity index (χ0v) is 9.54. The van der Waals surface area contributed by atoms with E-state index >= 15 is 0 Å². The highest BCUT2D eigenvalue weighted by Crippen LogP contribution is 2.23. The molecule has 1 rings (SSSR count). The molecule has 0 aromatic carbocycles. The van der Waals surface area contributed by atoms with Crippen LogP contribution in [-0.4, -0.2) is 18.1 Å². The van der Waals surface area contributed by atoms with Crippen molar-refractivity contribution in [3.63, 3.8) is 0 Å². The summed E-state index contributed by atoms with van der Waals surface area (Å²) in [5, 5.41) is 3.30. The summed E-state index contributed by atoms with van der Waals surface area (Å²) in [6.45, 7) is 6.56. The van der Waals surface area contributed by atoms with E-state index in [9.17, 15) is 0 Å². The van der Waals surface area contributed by atoms with Crippen molar-refractivity contribution in [1.82, 2.24) is 10.3 Å². The fourth-order valence-electron chi connectivity index (χ4n) is 1.87. The van der Waals surface area contributed by atoms with Crippen LogP contribution in [0.15, 0.2) is 18.3 Å². The zero-order chi connectivity index (χ0) is 10.6. The Morgan fingerprint density at radius 1 is 1.50 bits per heavy atom.